The lowest BCUT2D eigenvalue weighted by molar-refractivity contribution is 0.0926. The summed E-state index contributed by atoms with van der Waals surface area (Å²) in [6.45, 7) is 3.42. The fourth-order valence-corrected chi connectivity index (χ4v) is 4.27. The number of aromatic nitrogens is 5. The molecule has 1 saturated carbocycles. The van der Waals surface area contributed by atoms with Crippen molar-refractivity contribution in [2.75, 3.05) is 19.8 Å². The number of carbonyl (C=O) groups is 1. The summed E-state index contributed by atoms with van der Waals surface area (Å²) in [4.78, 5) is 39.7. The number of nitrogens with one attached hydrogen (secondary N) is 3. The number of H-pyrrole nitrogens is 2. The van der Waals surface area contributed by atoms with Gasteiger partial charge in [-0.15, -0.1) is 11.3 Å². The number of thiophene rings is 1. The van der Waals surface area contributed by atoms with Crippen LogP contribution < -0.4 is 21.7 Å². The Balaban J connectivity index is 1.55. The smallest absolute Gasteiger partial charge is 0.326 e. The number of aromatic amines is 2. The van der Waals surface area contributed by atoms with Gasteiger partial charge in [0.25, 0.3) is 5.91 Å². The van der Waals surface area contributed by atoms with Crippen LogP contribution in [0.1, 0.15) is 35.1 Å². The molecule has 4 heterocycles. The molecule has 11 nitrogen and oxygen atoms in total. The lowest BCUT2D eigenvalue weighted by Gasteiger charge is -2.03. The number of hydrogen-bond donors (Lipinski definition) is 4. The van der Waals surface area contributed by atoms with Crippen molar-refractivity contribution >= 4 is 29.0 Å². The van der Waals surface area contributed by atoms with E-state index in [2.05, 4.69) is 20.4 Å². The molecule has 12 heteroatoms. The summed E-state index contributed by atoms with van der Waals surface area (Å²) in [7, 11) is 0. The van der Waals surface area contributed by atoms with E-state index in [0.717, 1.165) is 17.7 Å². The van der Waals surface area contributed by atoms with E-state index in [-0.39, 0.29) is 23.5 Å². The SMILES string of the molecule is CCOCCNC(=O)c1ccc(-c2cc(=NC3CC3)n3nc/c(=C/c4[nH]c(=O)[nH]c4O)c3n2)s1. The van der Waals surface area contributed by atoms with Gasteiger partial charge in [-0.1, -0.05) is 0 Å². The van der Waals surface area contributed by atoms with Crippen molar-refractivity contribution < 1.29 is 14.6 Å². The number of carbonyl (C=O) groups excluding carboxylic acids is 1. The van der Waals surface area contributed by atoms with Crippen LogP contribution in [0.5, 0.6) is 5.88 Å². The molecule has 0 atom stereocenters. The van der Waals surface area contributed by atoms with Gasteiger partial charge in [0.05, 0.1) is 34.3 Å². The van der Waals surface area contributed by atoms with Crippen molar-refractivity contribution in [2.24, 2.45) is 4.99 Å². The van der Waals surface area contributed by atoms with Crippen molar-refractivity contribution in [3.05, 3.63) is 56.2 Å². The van der Waals surface area contributed by atoms with Crippen LogP contribution in [0, 0.1) is 0 Å². The summed E-state index contributed by atoms with van der Waals surface area (Å²) >= 11 is 1.34. The van der Waals surface area contributed by atoms with Gasteiger partial charge in [-0.3, -0.25) is 14.8 Å². The Morgan fingerprint density at radius 2 is 2.26 bits per heavy atom. The van der Waals surface area contributed by atoms with E-state index < -0.39 is 5.69 Å². The van der Waals surface area contributed by atoms with Crippen LogP contribution in [0.4, 0.5) is 0 Å². The van der Waals surface area contributed by atoms with Crippen LogP contribution >= 0.6 is 11.3 Å². The third-order valence-electron chi connectivity index (χ3n) is 5.20. The molecule has 1 fully saturated rings. The minimum absolute atomic E-state index is 0.162. The molecule has 5 rings (SSSR count). The third kappa shape index (κ3) is 4.63. The topological polar surface area (TPSA) is 150 Å². The van der Waals surface area contributed by atoms with E-state index >= 15 is 0 Å². The van der Waals surface area contributed by atoms with Gasteiger partial charge in [-0.2, -0.15) is 9.61 Å². The summed E-state index contributed by atoms with van der Waals surface area (Å²) in [5, 5.41) is 17.8. The van der Waals surface area contributed by atoms with Crippen LogP contribution in [0.25, 0.3) is 22.3 Å². The maximum atomic E-state index is 12.5. The predicted molar refractivity (Wildman–Crippen MR) is 126 cm³/mol. The van der Waals surface area contributed by atoms with Crippen LogP contribution in [-0.2, 0) is 4.74 Å². The largest absolute Gasteiger partial charge is 0.493 e. The number of rotatable bonds is 8. The molecule has 4 N–H and O–H groups in total. The molecule has 34 heavy (non-hydrogen) atoms. The molecule has 0 radical (unpaired) electrons. The summed E-state index contributed by atoms with van der Waals surface area (Å²) in [5.41, 5.74) is 1.56. The standard InChI is InChI=1S/C22H23N7O4S/c1-2-33-8-7-23-21(31)17-6-5-16(34-17)14-10-18(25-13-3-4-13)29-19(26-14)12(11-24-29)9-15-20(30)28-22(32)27-15/h5-6,9-11,13,30H,2-4,7-8H2,1H3,(H,23,31)(H2,27,28,32)/b12-9-,25-18?. The van der Waals surface area contributed by atoms with E-state index in [1.165, 1.54) is 11.3 Å². The third-order valence-corrected chi connectivity index (χ3v) is 6.30. The Kier molecular flexibility index (Phi) is 5.99. The molecule has 1 amide bonds. The highest BCUT2D eigenvalue weighted by molar-refractivity contribution is 7.17. The molecule has 4 aromatic rings. The molecule has 0 unspecified atom stereocenters. The Morgan fingerprint density at radius 1 is 1.41 bits per heavy atom. The molecule has 176 valence electrons. The molecule has 0 aliphatic heterocycles. The van der Waals surface area contributed by atoms with E-state index in [9.17, 15) is 14.7 Å². The summed E-state index contributed by atoms with van der Waals surface area (Å²) in [6, 6.07) is 5.75. The van der Waals surface area contributed by atoms with Crippen molar-refractivity contribution in [1.82, 2.24) is 29.9 Å². The highest BCUT2D eigenvalue weighted by atomic mass is 32.1. The Labute approximate surface area is 196 Å². The zero-order chi connectivity index (χ0) is 23.7. The Hall–Kier alpha value is -3.77. The molecule has 0 saturated heterocycles. The normalized spacial score (nSPS) is 14.9. The second kappa shape index (κ2) is 9.23. The first-order chi connectivity index (χ1) is 16.5. The summed E-state index contributed by atoms with van der Waals surface area (Å²) in [5.74, 6) is -0.424. The number of ether oxygens (including phenoxy) is 1. The van der Waals surface area contributed by atoms with E-state index in [0.29, 0.717) is 46.7 Å². The van der Waals surface area contributed by atoms with Crippen LogP contribution in [0.15, 0.2) is 34.2 Å². The molecular formula is C22H23N7O4S. The maximum Gasteiger partial charge on any atom is 0.326 e. The number of aromatic hydroxyl groups is 1. The maximum absolute atomic E-state index is 12.5. The minimum atomic E-state index is -0.510. The number of amides is 1. The van der Waals surface area contributed by atoms with Gasteiger partial charge in [-0.25, -0.2) is 9.78 Å². The van der Waals surface area contributed by atoms with E-state index in [4.69, 9.17) is 14.7 Å². The van der Waals surface area contributed by atoms with Gasteiger partial charge >= 0.3 is 5.69 Å². The van der Waals surface area contributed by atoms with Crippen LogP contribution in [-0.4, -0.2) is 61.4 Å². The van der Waals surface area contributed by atoms with Crippen LogP contribution in [0.3, 0.4) is 0 Å². The van der Waals surface area contributed by atoms with Crippen LogP contribution in [0.2, 0.25) is 0 Å². The summed E-state index contributed by atoms with van der Waals surface area (Å²) in [6.07, 6.45) is 5.26. The van der Waals surface area contributed by atoms with Crippen molar-refractivity contribution in [2.45, 2.75) is 25.8 Å². The van der Waals surface area contributed by atoms with Gasteiger partial charge in [0.2, 0.25) is 5.88 Å². The fourth-order valence-electron chi connectivity index (χ4n) is 3.39. The molecule has 0 bridgehead atoms. The minimum Gasteiger partial charge on any atom is -0.493 e. The number of nitrogens with zero attached hydrogens (tertiary/aromatic N) is 4. The summed E-state index contributed by atoms with van der Waals surface area (Å²) < 4.78 is 6.90. The Bertz CT molecular complexity index is 1530. The average molecular weight is 482 g/mol. The Morgan fingerprint density at radius 3 is 3.00 bits per heavy atom. The molecule has 0 spiro atoms. The number of imidazole rings is 1. The quantitative estimate of drug-likeness (QED) is 0.270. The first-order valence-corrected chi connectivity index (χ1v) is 11.7. The zero-order valence-corrected chi connectivity index (χ0v) is 19.2. The van der Waals surface area contributed by atoms with Gasteiger partial charge in [0.15, 0.2) is 11.1 Å². The molecule has 4 aromatic heterocycles. The lowest BCUT2D eigenvalue weighted by Crippen LogP contribution is -2.26. The first-order valence-electron chi connectivity index (χ1n) is 10.9. The lowest BCUT2D eigenvalue weighted by atomic mass is 10.3. The van der Waals surface area contributed by atoms with Crippen molar-refractivity contribution in [3.8, 4) is 16.5 Å². The highest BCUT2D eigenvalue weighted by Gasteiger charge is 2.21. The number of hydrogen-bond acceptors (Lipinski definition) is 8. The molecule has 1 aliphatic carbocycles. The predicted octanol–water partition coefficient (Wildman–Crippen LogP) is 0.557. The molecule has 1 aliphatic rings. The first kappa shape index (κ1) is 22.0. The highest BCUT2D eigenvalue weighted by Crippen LogP contribution is 2.27. The molecular weight excluding hydrogens is 458 g/mol. The number of fused-ring (bicyclic) bond motifs is 1. The van der Waals surface area contributed by atoms with Gasteiger partial charge in [0, 0.05) is 24.4 Å². The van der Waals surface area contributed by atoms with Gasteiger partial charge < -0.3 is 20.1 Å². The second-order valence-corrected chi connectivity index (χ2v) is 8.88. The van der Waals surface area contributed by atoms with E-state index in [1.54, 1.807) is 22.9 Å². The van der Waals surface area contributed by atoms with Crippen molar-refractivity contribution in [1.29, 1.82) is 0 Å². The van der Waals surface area contributed by atoms with Gasteiger partial charge in [-0.05, 0) is 38.0 Å². The van der Waals surface area contributed by atoms with Gasteiger partial charge in [0.1, 0.15) is 5.69 Å². The second-order valence-electron chi connectivity index (χ2n) is 7.80. The average Bonchev–Trinajstić information content (AvgIpc) is 3.19. The molecule has 0 aromatic carbocycles. The monoisotopic (exact) mass is 481 g/mol. The van der Waals surface area contributed by atoms with Crippen molar-refractivity contribution in [3.63, 3.8) is 0 Å². The zero-order valence-electron chi connectivity index (χ0n) is 18.4. The van der Waals surface area contributed by atoms with E-state index in [1.807, 2.05) is 19.1 Å². The fraction of sp³-hybridized carbons (Fsp3) is 0.318.